The van der Waals surface area contributed by atoms with E-state index >= 15 is 0 Å². The van der Waals surface area contributed by atoms with Crippen molar-refractivity contribution in [3.63, 3.8) is 0 Å². The van der Waals surface area contributed by atoms with Crippen LogP contribution in [0.15, 0.2) is 23.0 Å². The molecule has 0 radical (unpaired) electrons. The smallest absolute Gasteiger partial charge is 0.410 e. The third-order valence-corrected chi connectivity index (χ3v) is 9.16. The number of hydrogen-bond donors (Lipinski definition) is 5. The molecule has 0 heterocycles. The van der Waals surface area contributed by atoms with Crippen molar-refractivity contribution in [1.82, 2.24) is 9.80 Å². The van der Waals surface area contributed by atoms with Crippen molar-refractivity contribution in [2.45, 2.75) is 58.7 Å². The maximum absolute atomic E-state index is 14.3. The number of anilines is 1. The number of rotatable bonds is 9. The van der Waals surface area contributed by atoms with Crippen LogP contribution in [0.1, 0.15) is 50.8 Å². The minimum absolute atomic E-state index is 0.0420. The standard InChI is InChI=1S/C34H46N4O11/c1-16(39)48-9-10-49-32(46)38(15-33(2,3)4)14-18-13-21(36(5)6)19-11-17-12-20-25(37(7)8)28(42)24(31(35)45)30(44)34(20,47)29(43)22(17)27(41)23(19)26(18)40/h13,17,20,25,40-41,44,47H,9-12,14-15H2,1-8H3,(H2,35,45)/t17-,20+,25+,34-/m0/s1. The van der Waals surface area contributed by atoms with Crippen LogP contribution in [0.3, 0.4) is 0 Å². The highest BCUT2D eigenvalue weighted by Gasteiger charge is 2.64. The van der Waals surface area contributed by atoms with E-state index in [0.717, 1.165) is 0 Å². The monoisotopic (exact) mass is 686 g/mol. The van der Waals surface area contributed by atoms with Crippen LogP contribution >= 0.6 is 0 Å². The molecule has 3 aliphatic carbocycles. The number of esters is 1. The van der Waals surface area contributed by atoms with E-state index in [2.05, 4.69) is 0 Å². The number of fused-ring (bicyclic) bond motifs is 3. The Morgan fingerprint density at radius 1 is 1.04 bits per heavy atom. The molecule has 1 saturated carbocycles. The molecule has 4 rings (SSSR count). The lowest BCUT2D eigenvalue weighted by atomic mass is 9.57. The Hall–Kier alpha value is -4.63. The lowest BCUT2D eigenvalue weighted by Crippen LogP contribution is -2.65. The number of hydrogen-bond acceptors (Lipinski definition) is 13. The zero-order valence-corrected chi connectivity index (χ0v) is 29.1. The third kappa shape index (κ3) is 6.69. The van der Waals surface area contributed by atoms with Gasteiger partial charge in [0.05, 0.1) is 18.2 Å². The number of amides is 2. The minimum Gasteiger partial charge on any atom is -0.508 e. The Balaban J connectivity index is 1.85. The number of likely N-dealkylation sites (N-methyl/N-ethyl adjacent to an activating group) is 1. The summed E-state index contributed by atoms with van der Waals surface area (Å²) in [5, 5.41) is 46.5. The fraction of sp³-hybridized carbons (Fsp3) is 0.559. The van der Waals surface area contributed by atoms with Gasteiger partial charge in [0.1, 0.15) is 36.1 Å². The summed E-state index contributed by atoms with van der Waals surface area (Å²) >= 11 is 0. The molecule has 0 bridgehead atoms. The Morgan fingerprint density at radius 3 is 2.18 bits per heavy atom. The van der Waals surface area contributed by atoms with Crippen molar-refractivity contribution in [1.29, 1.82) is 0 Å². The summed E-state index contributed by atoms with van der Waals surface area (Å²) < 4.78 is 10.2. The van der Waals surface area contributed by atoms with Gasteiger partial charge in [-0.2, -0.15) is 0 Å². The van der Waals surface area contributed by atoms with Gasteiger partial charge >= 0.3 is 12.1 Å². The number of benzene rings is 1. The third-order valence-electron chi connectivity index (χ3n) is 9.16. The second-order valence-corrected chi connectivity index (χ2v) is 14.5. The highest BCUT2D eigenvalue weighted by Crippen LogP contribution is 2.54. The average Bonchev–Trinajstić information content (AvgIpc) is 2.96. The summed E-state index contributed by atoms with van der Waals surface area (Å²) in [6.07, 6.45) is -0.668. The van der Waals surface area contributed by atoms with Gasteiger partial charge in [0.15, 0.2) is 11.4 Å². The Morgan fingerprint density at radius 2 is 1.65 bits per heavy atom. The molecule has 6 N–H and O–H groups in total. The van der Waals surface area contributed by atoms with Gasteiger partial charge in [-0.1, -0.05) is 20.8 Å². The molecule has 1 aromatic rings. The number of primary amides is 1. The number of ketones is 2. The normalized spacial score (nSPS) is 23.5. The number of nitrogens with two attached hydrogens (primary N) is 1. The largest absolute Gasteiger partial charge is 0.508 e. The SMILES string of the molecule is CC(=O)OCCOC(=O)N(Cc1cc(N(C)C)c2c(c1O)C(O)=C1C(=O)[C@]3(O)C(O)=C(C(N)=O)C(=O)[C@H](N(C)C)[C@H]3C[C@@H]1C2)CC(C)(C)C. The van der Waals surface area contributed by atoms with E-state index in [1.165, 1.54) is 30.8 Å². The Bertz CT molecular complexity index is 1660. The summed E-state index contributed by atoms with van der Waals surface area (Å²) in [6, 6.07) is 0.486. The lowest BCUT2D eigenvalue weighted by molar-refractivity contribution is -0.153. The van der Waals surface area contributed by atoms with Crippen LogP contribution in [0.2, 0.25) is 0 Å². The number of carbonyl (C=O) groups is 5. The van der Waals surface area contributed by atoms with E-state index < -0.39 is 81.3 Å². The number of aromatic hydroxyl groups is 1. The molecule has 0 aliphatic heterocycles. The molecule has 15 heteroatoms. The zero-order chi connectivity index (χ0) is 36.9. The van der Waals surface area contributed by atoms with E-state index in [1.807, 2.05) is 20.8 Å². The van der Waals surface area contributed by atoms with Crippen molar-refractivity contribution in [2.24, 2.45) is 23.0 Å². The van der Waals surface area contributed by atoms with Crippen LogP contribution in [-0.2, 0) is 41.6 Å². The average molecular weight is 687 g/mol. The summed E-state index contributed by atoms with van der Waals surface area (Å²) in [5.41, 5.74) is 2.26. The quantitative estimate of drug-likeness (QED) is 0.142. The highest BCUT2D eigenvalue weighted by molar-refractivity contribution is 6.24. The van der Waals surface area contributed by atoms with Crippen molar-refractivity contribution in [2.75, 3.05) is 52.8 Å². The molecular formula is C34H46N4O11. The summed E-state index contributed by atoms with van der Waals surface area (Å²) in [5.74, 6) is -7.93. The molecule has 1 aromatic carbocycles. The number of nitrogens with zero attached hydrogens (tertiary/aromatic N) is 3. The van der Waals surface area contributed by atoms with Gasteiger partial charge < -0.3 is 45.4 Å². The predicted octanol–water partition coefficient (Wildman–Crippen LogP) is 1.58. The predicted molar refractivity (Wildman–Crippen MR) is 176 cm³/mol. The molecule has 4 atom stereocenters. The fourth-order valence-corrected chi connectivity index (χ4v) is 7.23. The molecule has 0 spiro atoms. The first-order valence-electron chi connectivity index (χ1n) is 15.9. The molecule has 49 heavy (non-hydrogen) atoms. The highest BCUT2D eigenvalue weighted by atomic mass is 16.6. The summed E-state index contributed by atoms with van der Waals surface area (Å²) in [7, 11) is 6.58. The van der Waals surface area contributed by atoms with Crippen molar-refractivity contribution in [3.8, 4) is 5.75 Å². The molecular weight excluding hydrogens is 640 g/mol. The first-order valence-corrected chi connectivity index (χ1v) is 15.9. The maximum atomic E-state index is 14.3. The first-order chi connectivity index (χ1) is 22.6. The zero-order valence-electron chi connectivity index (χ0n) is 29.1. The fourth-order valence-electron chi connectivity index (χ4n) is 7.23. The van der Waals surface area contributed by atoms with Gasteiger partial charge in [-0.05, 0) is 49.9 Å². The molecule has 3 aliphatic rings. The summed E-state index contributed by atoms with van der Waals surface area (Å²) in [6.45, 7) is 6.62. The topological polar surface area (TPSA) is 220 Å². The second-order valence-electron chi connectivity index (χ2n) is 14.5. The minimum atomic E-state index is -2.76. The molecule has 1 fully saturated rings. The van der Waals surface area contributed by atoms with Gasteiger partial charge in [0, 0.05) is 50.3 Å². The van der Waals surface area contributed by atoms with E-state index in [-0.39, 0.29) is 55.8 Å². The number of aliphatic hydroxyl groups excluding tert-OH is 2. The number of Topliss-reactive ketones (excluding diaryl/α,β-unsaturated/α-hetero) is 2. The van der Waals surface area contributed by atoms with Crippen molar-refractivity contribution in [3.05, 3.63) is 39.7 Å². The maximum Gasteiger partial charge on any atom is 0.410 e. The number of aliphatic hydroxyl groups is 3. The van der Waals surface area contributed by atoms with Crippen molar-refractivity contribution < 1.29 is 53.9 Å². The van der Waals surface area contributed by atoms with Gasteiger partial charge in [-0.3, -0.25) is 24.1 Å². The van der Waals surface area contributed by atoms with Crippen LogP contribution in [-0.4, -0.2) is 119 Å². The van der Waals surface area contributed by atoms with Crippen LogP contribution in [0.5, 0.6) is 5.75 Å². The lowest BCUT2D eigenvalue weighted by Gasteiger charge is -2.50. The molecule has 0 unspecified atom stereocenters. The molecule has 268 valence electrons. The molecule has 0 aromatic heterocycles. The van der Waals surface area contributed by atoms with Crippen LogP contribution < -0.4 is 10.6 Å². The van der Waals surface area contributed by atoms with E-state index in [1.54, 1.807) is 25.1 Å². The van der Waals surface area contributed by atoms with Crippen LogP contribution in [0, 0.1) is 17.3 Å². The number of phenols is 1. The second kappa shape index (κ2) is 13.3. The van der Waals surface area contributed by atoms with E-state index in [4.69, 9.17) is 15.2 Å². The number of phenolic OH excluding ortho intramolecular Hbond substituents is 1. The Kier molecular flexibility index (Phi) is 10.1. The number of ether oxygens (including phenoxy) is 2. The van der Waals surface area contributed by atoms with E-state index in [9.17, 15) is 44.4 Å². The molecule has 0 saturated heterocycles. The van der Waals surface area contributed by atoms with Gasteiger partial charge in [0.25, 0.3) is 5.91 Å². The molecule has 2 amide bonds. The van der Waals surface area contributed by atoms with Crippen molar-refractivity contribution >= 4 is 41.0 Å². The van der Waals surface area contributed by atoms with Crippen LogP contribution in [0.25, 0.3) is 5.76 Å². The van der Waals surface area contributed by atoms with Crippen LogP contribution in [0.4, 0.5) is 10.5 Å². The first kappa shape index (κ1) is 37.2. The van der Waals surface area contributed by atoms with Gasteiger partial charge in [-0.15, -0.1) is 0 Å². The number of carbonyl (C=O) groups excluding carboxylic acids is 5. The van der Waals surface area contributed by atoms with Gasteiger partial charge in [0.2, 0.25) is 5.78 Å². The van der Waals surface area contributed by atoms with E-state index in [0.29, 0.717) is 11.3 Å². The van der Waals surface area contributed by atoms with Gasteiger partial charge in [-0.25, -0.2) is 4.79 Å². The molecule has 15 nitrogen and oxygen atoms in total. The Labute approximate surface area is 284 Å². The summed E-state index contributed by atoms with van der Waals surface area (Å²) in [4.78, 5) is 68.8.